The van der Waals surface area contributed by atoms with Gasteiger partial charge in [-0.3, -0.25) is 0 Å². The van der Waals surface area contributed by atoms with Crippen LogP contribution in [0.3, 0.4) is 0 Å². The van der Waals surface area contributed by atoms with Gasteiger partial charge in [0.05, 0.1) is 0 Å². The van der Waals surface area contributed by atoms with Gasteiger partial charge in [0.25, 0.3) is 0 Å². The van der Waals surface area contributed by atoms with Crippen LogP contribution in [0.1, 0.15) is 28.2 Å². The number of aryl methyl sites for hydroxylation is 2. The molecule has 0 aliphatic carbocycles. The molecule has 2 nitrogen and oxygen atoms in total. The maximum absolute atomic E-state index is 11.3. The zero-order valence-corrected chi connectivity index (χ0v) is 15.5. The molecule has 0 fully saturated rings. The first-order valence-electron chi connectivity index (χ1n) is 6.81. The number of carboxylic acid groups (broad SMARTS) is 1. The predicted molar refractivity (Wildman–Crippen MR) is 96.7 cm³/mol. The molecule has 0 saturated heterocycles. The molecular weight excluding hydrogens is 408 g/mol. The second-order valence-electron chi connectivity index (χ2n) is 5.22. The fourth-order valence-corrected chi connectivity index (χ4v) is 3.16. The maximum atomic E-state index is 11.3. The molecule has 4 heteroatoms. The lowest BCUT2D eigenvalue weighted by molar-refractivity contribution is -0.131. The Kier molecular flexibility index (Phi) is 5.59. The minimum atomic E-state index is -0.990. The van der Waals surface area contributed by atoms with Crippen molar-refractivity contribution in [3.8, 4) is 0 Å². The van der Waals surface area contributed by atoms with Crippen molar-refractivity contribution in [2.24, 2.45) is 0 Å². The number of allylic oxidation sites excluding steroid dienone is 1. The summed E-state index contributed by atoms with van der Waals surface area (Å²) in [6.07, 6.45) is 0. The van der Waals surface area contributed by atoms with Gasteiger partial charge in [-0.1, -0.05) is 75.6 Å². The molecule has 22 heavy (non-hydrogen) atoms. The number of rotatable bonds is 4. The van der Waals surface area contributed by atoms with Crippen molar-refractivity contribution in [2.45, 2.75) is 19.8 Å². The van der Waals surface area contributed by atoms with Crippen LogP contribution in [-0.4, -0.2) is 11.1 Å². The Morgan fingerprint density at radius 3 is 1.55 bits per heavy atom. The largest absolute Gasteiger partial charge is 0.477 e. The van der Waals surface area contributed by atoms with Crippen LogP contribution in [0.15, 0.2) is 57.5 Å². The van der Waals surface area contributed by atoms with Crippen molar-refractivity contribution in [3.05, 3.63) is 79.7 Å². The van der Waals surface area contributed by atoms with Gasteiger partial charge in [-0.2, -0.15) is 0 Å². The third-order valence-corrected chi connectivity index (χ3v) is 5.63. The summed E-state index contributed by atoms with van der Waals surface area (Å²) in [5.41, 5.74) is 4.42. The number of halogens is 2. The van der Waals surface area contributed by atoms with E-state index in [0.717, 1.165) is 11.1 Å². The third-order valence-electron chi connectivity index (χ3n) is 3.47. The lowest BCUT2D eigenvalue weighted by Gasteiger charge is -2.19. The summed E-state index contributed by atoms with van der Waals surface area (Å²) in [6.45, 7) is 4.06. The summed E-state index contributed by atoms with van der Waals surface area (Å²) in [5, 5.41) is 9.25. The van der Waals surface area contributed by atoms with Crippen LogP contribution in [-0.2, 0) is 4.79 Å². The summed E-state index contributed by atoms with van der Waals surface area (Å²) in [5.74, 6) is -1.15. The Bertz CT molecular complexity index is 655. The second-order valence-corrected chi connectivity index (χ2v) is 6.87. The monoisotopic (exact) mass is 422 g/mol. The van der Waals surface area contributed by atoms with E-state index >= 15 is 0 Å². The van der Waals surface area contributed by atoms with Gasteiger partial charge in [0.15, 0.2) is 0 Å². The molecule has 0 bridgehead atoms. The fraction of sp³-hybridized carbons (Fsp3) is 0.167. The molecular formula is C18H16Br2O2. The van der Waals surface area contributed by atoms with Crippen molar-refractivity contribution >= 4 is 37.8 Å². The van der Waals surface area contributed by atoms with E-state index in [1.54, 1.807) is 0 Å². The molecule has 0 saturated carbocycles. The van der Waals surface area contributed by atoms with Crippen LogP contribution in [0.2, 0.25) is 0 Å². The minimum Gasteiger partial charge on any atom is -0.477 e. The molecule has 114 valence electrons. The third kappa shape index (κ3) is 3.87. The summed E-state index contributed by atoms with van der Waals surface area (Å²) in [4.78, 5) is 11.3. The maximum Gasteiger partial charge on any atom is 0.343 e. The second kappa shape index (κ2) is 7.25. The van der Waals surface area contributed by atoms with Crippen LogP contribution in [0.25, 0.3) is 0 Å². The van der Waals surface area contributed by atoms with Crippen LogP contribution < -0.4 is 0 Å². The Balaban J connectivity index is 2.59. The molecule has 0 unspecified atom stereocenters. The number of benzene rings is 2. The molecule has 0 spiro atoms. The van der Waals surface area contributed by atoms with Crippen molar-refractivity contribution in [1.29, 1.82) is 0 Å². The minimum absolute atomic E-state index is 0.138. The molecule has 2 aromatic rings. The fourth-order valence-electron chi connectivity index (χ4n) is 2.23. The van der Waals surface area contributed by atoms with Crippen LogP contribution in [0, 0.1) is 13.8 Å². The summed E-state index contributed by atoms with van der Waals surface area (Å²) >= 11 is 6.64. The SMILES string of the molecule is Cc1ccc(C(/C(Br)=C(\Br)C(=O)O)c2ccc(C)cc2)cc1. The first-order chi connectivity index (χ1) is 10.4. The molecule has 0 heterocycles. The van der Waals surface area contributed by atoms with E-state index in [1.165, 1.54) is 11.1 Å². The molecule has 0 amide bonds. The standard InChI is InChI=1S/C18H16Br2O2/c1-11-3-7-13(8-4-11)15(16(19)17(20)18(21)22)14-9-5-12(2)6-10-14/h3-10,15H,1-2H3,(H,21,22)/b17-16+. The highest BCUT2D eigenvalue weighted by Crippen LogP contribution is 2.38. The number of carboxylic acids is 1. The van der Waals surface area contributed by atoms with Crippen LogP contribution >= 0.6 is 31.9 Å². The average Bonchev–Trinajstić information content (AvgIpc) is 2.50. The van der Waals surface area contributed by atoms with E-state index in [-0.39, 0.29) is 10.4 Å². The topological polar surface area (TPSA) is 37.3 Å². The average molecular weight is 424 g/mol. The smallest absolute Gasteiger partial charge is 0.343 e. The Hall–Kier alpha value is -1.39. The van der Waals surface area contributed by atoms with E-state index in [9.17, 15) is 9.90 Å². The predicted octanol–water partition coefficient (Wildman–Crippen LogP) is 5.52. The Morgan fingerprint density at radius 1 is 0.864 bits per heavy atom. The van der Waals surface area contributed by atoms with Gasteiger partial charge in [-0.05, 0) is 40.9 Å². The zero-order chi connectivity index (χ0) is 16.3. The summed E-state index contributed by atoms with van der Waals surface area (Å²) < 4.78 is 0.742. The molecule has 0 radical (unpaired) electrons. The lowest BCUT2D eigenvalue weighted by atomic mass is 9.90. The Morgan fingerprint density at radius 2 is 1.23 bits per heavy atom. The summed E-state index contributed by atoms with van der Waals surface area (Å²) in [6, 6.07) is 16.3. The van der Waals surface area contributed by atoms with Gasteiger partial charge in [0.2, 0.25) is 0 Å². The quantitative estimate of drug-likeness (QED) is 0.657. The normalized spacial score (nSPS) is 12.2. The number of carbonyl (C=O) groups is 1. The molecule has 1 N–H and O–H groups in total. The number of aliphatic carboxylic acids is 1. The molecule has 0 aliphatic heterocycles. The lowest BCUT2D eigenvalue weighted by Crippen LogP contribution is -2.06. The van der Waals surface area contributed by atoms with Crippen LogP contribution in [0.4, 0.5) is 0 Å². The van der Waals surface area contributed by atoms with Gasteiger partial charge in [-0.15, -0.1) is 0 Å². The van der Waals surface area contributed by atoms with Gasteiger partial charge in [0, 0.05) is 10.4 Å². The first-order valence-corrected chi connectivity index (χ1v) is 8.40. The van der Waals surface area contributed by atoms with Gasteiger partial charge in [-0.25, -0.2) is 4.79 Å². The zero-order valence-electron chi connectivity index (χ0n) is 12.3. The highest BCUT2D eigenvalue weighted by atomic mass is 79.9. The molecule has 0 atom stereocenters. The van der Waals surface area contributed by atoms with E-state index < -0.39 is 5.97 Å². The van der Waals surface area contributed by atoms with E-state index in [2.05, 4.69) is 31.9 Å². The highest BCUT2D eigenvalue weighted by molar-refractivity contribution is 9.14. The molecule has 0 aliphatic rings. The molecule has 0 aromatic heterocycles. The van der Waals surface area contributed by atoms with Crippen molar-refractivity contribution in [2.75, 3.05) is 0 Å². The van der Waals surface area contributed by atoms with Gasteiger partial charge >= 0.3 is 5.97 Å². The van der Waals surface area contributed by atoms with Crippen molar-refractivity contribution in [1.82, 2.24) is 0 Å². The van der Waals surface area contributed by atoms with Gasteiger partial charge in [0.1, 0.15) is 4.48 Å². The van der Waals surface area contributed by atoms with Crippen molar-refractivity contribution in [3.63, 3.8) is 0 Å². The molecule has 2 aromatic carbocycles. The van der Waals surface area contributed by atoms with E-state index in [1.807, 2.05) is 62.4 Å². The van der Waals surface area contributed by atoms with E-state index in [0.29, 0.717) is 4.48 Å². The van der Waals surface area contributed by atoms with Crippen molar-refractivity contribution < 1.29 is 9.90 Å². The highest BCUT2D eigenvalue weighted by Gasteiger charge is 2.22. The Labute approximate surface area is 147 Å². The number of hydrogen-bond donors (Lipinski definition) is 1. The number of hydrogen-bond acceptors (Lipinski definition) is 1. The molecule has 2 rings (SSSR count). The first kappa shape index (κ1) is 17.0. The van der Waals surface area contributed by atoms with Gasteiger partial charge < -0.3 is 5.11 Å². The van der Waals surface area contributed by atoms with Crippen LogP contribution in [0.5, 0.6) is 0 Å². The van der Waals surface area contributed by atoms with E-state index in [4.69, 9.17) is 0 Å². The summed E-state index contributed by atoms with van der Waals surface area (Å²) in [7, 11) is 0.